The summed E-state index contributed by atoms with van der Waals surface area (Å²) in [5.74, 6) is 0.612. The van der Waals surface area contributed by atoms with Gasteiger partial charge < -0.3 is 0 Å². The van der Waals surface area contributed by atoms with Crippen LogP contribution < -0.4 is 0 Å². The molecular weight excluding hydrogens is 125 g/mol. The van der Waals surface area contributed by atoms with Gasteiger partial charge in [0.2, 0.25) is 0 Å². The number of hydrogen-bond donors (Lipinski definition) is 0. The van der Waals surface area contributed by atoms with Crippen LogP contribution in [-0.2, 0) is 5.88 Å². The fraction of sp³-hybridized carbons (Fsp3) is 0.143. The second kappa shape index (κ2) is 2.73. The molecule has 1 aromatic carbocycles. The molecule has 8 heavy (non-hydrogen) atoms. The summed E-state index contributed by atoms with van der Waals surface area (Å²) in [6.07, 6.45) is 0. The molecule has 1 aromatic rings. The standard InChI is InChI=1S/C7H7Cl/c8-6-7-4-2-1-3-5-7/h1-5H,6H2/i1+1,2+1,3+1,4+1,5+1,7+1. The smallest absolute Gasteiger partial charge is 0.0474 e. The first kappa shape index (κ1) is 5.64. The first-order chi connectivity index (χ1) is 3.93. The summed E-state index contributed by atoms with van der Waals surface area (Å²) >= 11 is 5.53. The molecule has 0 N–H and O–H groups in total. The van der Waals surface area contributed by atoms with Gasteiger partial charge in [-0.15, -0.1) is 11.6 Å². The van der Waals surface area contributed by atoms with Gasteiger partial charge in [0, 0.05) is 5.88 Å². The predicted octanol–water partition coefficient (Wildman–Crippen LogP) is 2.43. The minimum atomic E-state index is 0.612. The van der Waals surface area contributed by atoms with Crippen LogP contribution in [0.2, 0.25) is 0 Å². The molecule has 0 aliphatic rings. The fourth-order valence-corrected chi connectivity index (χ4v) is 0.745. The molecule has 0 amide bonds. The lowest BCUT2D eigenvalue weighted by Crippen LogP contribution is -1.71. The van der Waals surface area contributed by atoms with E-state index in [-0.39, 0.29) is 0 Å². The molecule has 0 aliphatic carbocycles. The van der Waals surface area contributed by atoms with Crippen molar-refractivity contribution < 1.29 is 0 Å². The van der Waals surface area contributed by atoms with E-state index in [0.29, 0.717) is 5.88 Å². The van der Waals surface area contributed by atoms with Crippen LogP contribution in [0.25, 0.3) is 0 Å². The van der Waals surface area contributed by atoms with Crippen LogP contribution in [0, 0.1) is 0 Å². The van der Waals surface area contributed by atoms with Gasteiger partial charge in [0.05, 0.1) is 0 Å². The van der Waals surface area contributed by atoms with Crippen LogP contribution in [0.1, 0.15) is 5.56 Å². The molecule has 0 saturated heterocycles. The average molecular weight is 133 g/mol. The van der Waals surface area contributed by atoms with Gasteiger partial charge in [-0.2, -0.15) is 0 Å². The van der Waals surface area contributed by atoms with Crippen LogP contribution in [0.4, 0.5) is 0 Å². The van der Waals surface area contributed by atoms with Crippen LogP contribution in [0.5, 0.6) is 0 Å². The van der Waals surface area contributed by atoms with Gasteiger partial charge in [0.1, 0.15) is 0 Å². The monoisotopic (exact) mass is 132 g/mol. The molecule has 0 heterocycles. The lowest BCUT2D eigenvalue weighted by Gasteiger charge is -1.88. The SMILES string of the molecule is ClC[13c]1[13cH][13cH][13cH][13cH][13cH]1. The zero-order valence-electron chi connectivity index (χ0n) is 4.47. The van der Waals surface area contributed by atoms with Gasteiger partial charge in [-0.3, -0.25) is 0 Å². The van der Waals surface area contributed by atoms with E-state index in [4.69, 9.17) is 11.6 Å². The Kier molecular flexibility index (Phi) is 1.93. The van der Waals surface area contributed by atoms with Crippen molar-refractivity contribution >= 4 is 11.6 Å². The number of alkyl halides is 1. The van der Waals surface area contributed by atoms with Gasteiger partial charge in [-0.25, -0.2) is 0 Å². The third kappa shape index (κ3) is 1.24. The molecule has 0 spiro atoms. The molecule has 1 rings (SSSR count). The van der Waals surface area contributed by atoms with E-state index in [9.17, 15) is 0 Å². The third-order valence-electron chi connectivity index (χ3n) is 0.997. The first-order valence-corrected chi connectivity index (χ1v) is 3.07. The van der Waals surface area contributed by atoms with Crippen molar-refractivity contribution in [3.8, 4) is 0 Å². The average Bonchev–Trinajstić information content (AvgIpc) is 1.90. The lowest BCUT2D eigenvalue weighted by atomic mass is 11.0. The Labute approximate surface area is 54.1 Å². The normalized spacial score (nSPS) is 9.12. The summed E-state index contributed by atoms with van der Waals surface area (Å²) in [7, 11) is 0. The molecule has 0 saturated carbocycles. The Morgan fingerprint density at radius 2 is 1.75 bits per heavy atom. The zero-order valence-corrected chi connectivity index (χ0v) is 5.23. The van der Waals surface area contributed by atoms with E-state index in [1.54, 1.807) is 0 Å². The zero-order chi connectivity index (χ0) is 5.82. The summed E-state index contributed by atoms with van der Waals surface area (Å²) in [6.45, 7) is 0. The summed E-state index contributed by atoms with van der Waals surface area (Å²) in [6, 6.07) is 9.96. The maximum Gasteiger partial charge on any atom is 0.0474 e. The van der Waals surface area contributed by atoms with Gasteiger partial charge >= 0.3 is 0 Å². The lowest BCUT2D eigenvalue weighted by molar-refractivity contribution is 1.41. The van der Waals surface area contributed by atoms with Crippen LogP contribution >= 0.6 is 11.6 Å². The first-order valence-electron chi connectivity index (χ1n) is 2.53. The Balaban J connectivity index is 2.83. The Morgan fingerprint density at radius 3 is 2.12 bits per heavy atom. The molecule has 0 atom stereocenters. The van der Waals surface area contributed by atoms with Crippen molar-refractivity contribution in [3.05, 3.63) is 35.9 Å². The summed E-state index contributed by atoms with van der Waals surface area (Å²) in [5.41, 5.74) is 1.18. The highest BCUT2D eigenvalue weighted by molar-refractivity contribution is 6.17. The molecule has 0 unspecified atom stereocenters. The number of hydrogen-bond acceptors (Lipinski definition) is 0. The van der Waals surface area contributed by atoms with E-state index in [1.165, 1.54) is 5.56 Å². The van der Waals surface area contributed by atoms with Crippen molar-refractivity contribution in [1.82, 2.24) is 0 Å². The second-order valence-electron chi connectivity index (χ2n) is 1.62. The predicted molar refractivity (Wildman–Crippen MR) is 36.0 cm³/mol. The molecule has 0 aliphatic heterocycles. The molecule has 42 valence electrons. The number of rotatable bonds is 1. The molecule has 0 bridgehead atoms. The second-order valence-corrected chi connectivity index (χ2v) is 1.89. The maximum atomic E-state index is 5.53. The minimum absolute atomic E-state index is 0.612. The van der Waals surface area contributed by atoms with Gasteiger partial charge in [-0.1, -0.05) is 30.3 Å². The molecule has 0 nitrogen and oxygen atoms in total. The van der Waals surface area contributed by atoms with Crippen molar-refractivity contribution in [2.24, 2.45) is 0 Å². The largest absolute Gasteiger partial charge is 0.122 e. The van der Waals surface area contributed by atoms with Crippen LogP contribution in [-0.4, -0.2) is 0 Å². The molecule has 0 aromatic heterocycles. The topological polar surface area (TPSA) is 0 Å². The number of halogens is 1. The van der Waals surface area contributed by atoms with Crippen LogP contribution in [0.3, 0.4) is 0 Å². The Bertz CT molecular complexity index is 146. The summed E-state index contributed by atoms with van der Waals surface area (Å²) < 4.78 is 0. The van der Waals surface area contributed by atoms with Crippen molar-refractivity contribution in [1.29, 1.82) is 0 Å². The fourth-order valence-electron chi connectivity index (χ4n) is 0.567. The van der Waals surface area contributed by atoms with Gasteiger partial charge in [0.15, 0.2) is 0 Å². The highest BCUT2D eigenvalue weighted by Gasteiger charge is 1.81. The Morgan fingerprint density at radius 1 is 1.12 bits per heavy atom. The van der Waals surface area contributed by atoms with Crippen molar-refractivity contribution in [2.45, 2.75) is 5.88 Å². The summed E-state index contributed by atoms with van der Waals surface area (Å²) in [4.78, 5) is 0. The van der Waals surface area contributed by atoms with Crippen LogP contribution in [0.15, 0.2) is 30.3 Å². The van der Waals surface area contributed by atoms with Gasteiger partial charge in [-0.05, 0) is 5.56 Å². The quantitative estimate of drug-likeness (QED) is 0.515. The molecular formula is C7H7Cl. The van der Waals surface area contributed by atoms with E-state index >= 15 is 0 Å². The van der Waals surface area contributed by atoms with E-state index in [0.717, 1.165) is 0 Å². The van der Waals surface area contributed by atoms with Crippen molar-refractivity contribution in [2.75, 3.05) is 0 Å². The summed E-state index contributed by atoms with van der Waals surface area (Å²) in [5, 5.41) is 0. The molecule has 0 radical (unpaired) electrons. The number of benzene rings is 1. The highest BCUT2D eigenvalue weighted by Crippen LogP contribution is 2.00. The van der Waals surface area contributed by atoms with Gasteiger partial charge in [0.25, 0.3) is 0 Å². The minimum Gasteiger partial charge on any atom is -0.122 e. The van der Waals surface area contributed by atoms with Crippen molar-refractivity contribution in [3.63, 3.8) is 0 Å². The van der Waals surface area contributed by atoms with E-state index in [2.05, 4.69) is 0 Å². The van der Waals surface area contributed by atoms with E-state index < -0.39 is 0 Å². The van der Waals surface area contributed by atoms with E-state index in [1.807, 2.05) is 30.3 Å². The third-order valence-corrected chi connectivity index (χ3v) is 1.31. The highest BCUT2D eigenvalue weighted by atomic mass is 35.5. The maximum absolute atomic E-state index is 5.53. The molecule has 0 fully saturated rings. The Hall–Kier alpha value is -0.490. The molecule has 1 heteroatoms.